The maximum Gasteiger partial charge on any atom is 0.254 e. The molecule has 4 rings (SSSR count). The molecule has 0 aliphatic carbocycles. The lowest BCUT2D eigenvalue weighted by Gasteiger charge is -2.39. The lowest BCUT2D eigenvalue weighted by molar-refractivity contribution is 0.0497. The fraction of sp³-hybridized carbons (Fsp3) is 0.333. The van der Waals surface area contributed by atoms with Crippen LogP contribution in [0, 0.1) is 13.8 Å². The molecule has 0 saturated carbocycles. The SMILES string of the molecule is Cc1cc(C)n(C2CN(C(=O)c3cccc(-c4cncc(N(C)C)n4)c3)C2)n1. The number of nitrogens with zero attached hydrogens (tertiary/aromatic N) is 6. The summed E-state index contributed by atoms with van der Waals surface area (Å²) in [6.45, 7) is 5.41. The molecule has 0 atom stereocenters. The van der Waals surface area contributed by atoms with E-state index in [1.165, 1.54) is 0 Å². The van der Waals surface area contributed by atoms with Crippen LogP contribution in [0.15, 0.2) is 42.7 Å². The predicted molar refractivity (Wildman–Crippen MR) is 108 cm³/mol. The van der Waals surface area contributed by atoms with Crippen molar-refractivity contribution in [2.75, 3.05) is 32.1 Å². The lowest BCUT2D eigenvalue weighted by Crippen LogP contribution is -2.51. The summed E-state index contributed by atoms with van der Waals surface area (Å²) in [5.41, 5.74) is 4.45. The van der Waals surface area contributed by atoms with Crippen molar-refractivity contribution in [2.45, 2.75) is 19.9 Å². The molecular formula is C21H24N6O. The van der Waals surface area contributed by atoms with Crippen LogP contribution in [-0.4, -0.2) is 57.7 Å². The Hall–Kier alpha value is -3.22. The fourth-order valence-corrected chi connectivity index (χ4v) is 3.50. The van der Waals surface area contributed by atoms with E-state index in [9.17, 15) is 4.79 Å². The van der Waals surface area contributed by atoms with Crippen LogP contribution >= 0.6 is 0 Å². The summed E-state index contributed by atoms with van der Waals surface area (Å²) in [4.78, 5) is 25.6. The topological polar surface area (TPSA) is 67.2 Å². The van der Waals surface area contributed by atoms with Gasteiger partial charge in [0.2, 0.25) is 0 Å². The van der Waals surface area contributed by atoms with Gasteiger partial charge in [0.1, 0.15) is 5.82 Å². The number of aryl methyl sites for hydroxylation is 2. The van der Waals surface area contributed by atoms with Gasteiger partial charge in [-0.05, 0) is 32.0 Å². The van der Waals surface area contributed by atoms with Crippen LogP contribution in [0.2, 0.25) is 0 Å². The first-order chi connectivity index (χ1) is 13.4. The summed E-state index contributed by atoms with van der Waals surface area (Å²) in [6.07, 6.45) is 3.44. The minimum Gasteiger partial charge on any atom is -0.361 e. The molecule has 1 saturated heterocycles. The number of amides is 1. The number of hydrogen-bond acceptors (Lipinski definition) is 5. The van der Waals surface area contributed by atoms with Gasteiger partial charge in [0.15, 0.2) is 0 Å². The Morgan fingerprint density at radius 1 is 1.14 bits per heavy atom. The largest absolute Gasteiger partial charge is 0.361 e. The molecule has 28 heavy (non-hydrogen) atoms. The Labute approximate surface area is 164 Å². The van der Waals surface area contributed by atoms with Gasteiger partial charge < -0.3 is 9.80 Å². The molecule has 1 amide bonds. The maximum atomic E-state index is 12.9. The van der Waals surface area contributed by atoms with Gasteiger partial charge in [0.25, 0.3) is 5.91 Å². The highest BCUT2D eigenvalue weighted by atomic mass is 16.2. The summed E-state index contributed by atoms with van der Waals surface area (Å²) < 4.78 is 2.03. The van der Waals surface area contributed by atoms with Crippen LogP contribution in [0.4, 0.5) is 5.82 Å². The molecule has 1 aromatic carbocycles. The summed E-state index contributed by atoms with van der Waals surface area (Å²) >= 11 is 0. The molecule has 3 heterocycles. The van der Waals surface area contributed by atoms with E-state index in [2.05, 4.69) is 28.1 Å². The second kappa shape index (κ2) is 7.07. The molecule has 0 N–H and O–H groups in total. The summed E-state index contributed by atoms with van der Waals surface area (Å²) in [6, 6.07) is 9.91. The molecule has 2 aromatic heterocycles. The third-order valence-electron chi connectivity index (χ3n) is 5.03. The number of likely N-dealkylation sites (tertiary alicyclic amines) is 1. The van der Waals surface area contributed by atoms with E-state index in [-0.39, 0.29) is 11.9 Å². The molecular weight excluding hydrogens is 352 g/mol. The zero-order chi connectivity index (χ0) is 19.8. The highest BCUT2D eigenvalue weighted by Gasteiger charge is 2.33. The minimum absolute atomic E-state index is 0.0383. The fourth-order valence-electron chi connectivity index (χ4n) is 3.50. The number of carbonyl (C=O) groups is 1. The third kappa shape index (κ3) is 3.35. The number of aromatic nitrogens is 4. The highest BCUT2D eigenvalue weighted by Crippen LogP contribution is 2.26. The van der Waals surface area contributed by atoms with E-state index in [0.29, 0.717) is 18.7 Å². The van der Waals surface area contributed by atoms with Gasteiger partial charge >= 0.3 is 0 Å². The van der Waals surface area contributed by atoms with Crippen molar-refractivity contribution >= 4 is 11.7 Å². The minimum atomic E-state index is 0.0383. The second-order valence-electron chi connectivity index (χ2n) is 7.47. The van der Waals surface area contributed by atoms with E-state index in [1.807, 2.05) is 59.8 Å². The van der Waals surface area contributed by atoms with Crippen LogP contribution < -0.4 is 4.90 Å². The number of rotatable bonds is 4. The summed E-state index contributed by atoms with van der Waals surface area (Å²) in [5, 5.41) is 4.53. The average Bonchev–Trinajstić information content (AvgIpc) is 2.98. The van der Waals surface area contributed by atoms with E-state index in [1.54, 1.807) is 12.4 Å². The van der Waals surface area contributed by atoms with Crippen LogP contribution in [-0.2, 0) is 0 Å². The van der Waals surface area contributed by atoms with Gasteiger partial charge in [-0.3, -0.25) is 14.5 Å². The quantitative estimate of drug-likeness (QED) is 0.700. The lowest BCUT2D eigenvalue weighted by atomic mass is 10.0. The van der Waals surface area contributed by atoms with Crippen molar-refractivity contribution in [3.63, 3.8) is 0 Å². The van der Waals surface area contributed by atoms with E-state index in [0.717, 1.165) is 28.5 Å². The molecule has 0 radical (unpaired) electrons. The molecule has 7 heteroatoms. The first-order valence-corrected chi connectivity index (χ1v) is 9.34. The molecule has 7 nitrogen and oxygen atoms in total. The van der Waals surface area contributed by atoms with Gasteiger partial charge in [-0.15, -0.1) is 0 Å². The molecule has 1 aliphatic heterocycles. The summed E-state index contributed by atoms with van der Waals surface area (Å²) in [5.74, 6) is 0.820. The number of carbonyl (C=O) groups excluding carboxylic acids is 1. The molecule has 3 aromatic rings. The van der Waals surface area contributed by atoms with Crippen molar-refractivity contribution in [1.29, 1.82) is 0 Å². The Morgan fingerprint density at radius 2 is 1.93 bits per heavy atom. The molecule has 0 unspecified atom stereocenters. The Kier molecular flexibility index (Phi) is 4.58. The van der Waals surface area contributed by atoms with Crippen molar-refractivity contribution in [2.24, 2.45) is 0 Å². The molecule has 1 fully saturated rings. The van der Waals surface area contributed by atoms with E-state index < -0.39 is 0 Å². The van der Waals surface area contributed by atoms with Crippen molar-refractivity contribution in [3.8, 4) is 11.3 Å². The third-order valence-corrected chi connectivity index (χ3v) is 5.03. The van der Waals surface area contributed by atoms with Gasteiger partial charge in [-0.25, -0.2) is 4.98 Å². The molecule has 1 aliphatic rings. The predicted octanol–water partition coefficient (Wildman–Crippen LogP) is 2.72. The molecule has 144 valence electrons. The first kappa shape index (κ1) is 18.2. The second-order valence-corrected chi connectivity index (χ2v) is 7.47. The average molecular weight is 376 g/mol. The van der Waals surface area contributed by atoms with Gasteiger partial charge in [0.05, 0.1) is 29.8 Å². The number of benzene rings is 1. The zero-order valence-electron chi connectivity index (χ0n) is 16.6. The van der Waals surface area contributed by atoms with Crippen molar-refractivity contribution in [1.82, 2.24) is 24.6 Å². The van der Waals surface area contributed by atoms with Gasteiger partial charge in [0, 0.05) is 44.0 Å². The van der Waals surface area contributed by atoms with E-state index in [4.69, 9.17) is 0 Å². The summed E-state index contributed by atoms with van der Waals surface area (Å²) in [7, 11) is 3.85. The first-order valence-electron chi connectivity index (χ1n) is 9.34. The van der Waals surface area contributed by atoms with Crippen LogP contribution in [0.25, 0.3) is 11.3 Å². The standard InChI is InChI=1S/C21H24N6O/c1-14-8-15(2)27(24-14)18-12-26(13-18)21(28)17-7-5-6-16(9-17)19-10-22-11-20(23-19)25(3)4/h5-11,18H,12-13H2,1-4H3. The monoisotopic (exact) mass is 376 g/mol. The maximum absolute atomic E-state index is 12.9. The van der Waals surface area contributed by atoms with Crippen molar-refractivity contribution in [3.05, 3.63) is 59.7 Å². The normalized spacial score (nSPS) is 14.1. The van der Waals surface area contributed by atoms with E-state index >= 15 is 0 Å². The Bertz CT molecular complexity index is 1020. The van der Waals surface area contributed by atoms with Crippen molar-refractivity contribution < 1.29 is 4.79 Å². The number of hydrogen-bond donors (Lipinski definition) is 0. The van der Waals surface area contributed by atoms with Gasteiger partial charge in [-0.2, -0.15) is 5.10 Å². The van der Waals surface area contributed by atoms with Crippen LogP contribution in [0.3, 0.4) is 0 Å². The molecule has 0 bridgehead atoms. The highest BCUT2D eigenvalue weighted by molar-refractivity contribution is 5.95. The number of anilines is 1. The smallest absolute Gasteiger partial charge is 0.254 e. The van der Waals surface area contributed by atoms with Gasteiger partial charge in [-0.1, -0.05) is 12.1 Å². The zero-order valence-corrected chi connectivity index (χ0v) is 16.6. The Morgan fingerprint density at radius 3 is 2.61 bits per heavy atom. The van der Waals surface area contributed by atoms with Crippen LogP contribution in [0.5, 0.6) is 0 Å². The van der Waals surface area contributed by atoms with Crippen LogP contribution in [0.1, 0.15) is 27.8 Å². The molecule has 0 spiro atoms. The Balaban J connectivity index is 1.50.